The fraction of sp³-hybridized carbons (Fsp3) is 0.250. The SMILES string of the molecule is CC(N)C(OCc1ccccc1)c1ccc(F)cc1. The average Bonchev–Trinajstić information content (AvgIpc) is 2.42. The molecule has 0 aliphatic heterocycles. The van der Waals surface area contributed by atoms with Crippen molar-refractivity contribution >= 4 is 0 Å². The average molecular weight is 259 g/mol. The van der Waals surface area contributed by atoms with E-state index in [1.165, 1.54) is 12.1 Å². The number of hydrogen-bond donors (Lipinski definition) is 1. The van der Waals surface area contributed by atoms with Crippen LogP contribution in [0.5, 0.6) is 0 Å². The molecule has 0 saturated heterocycles. The predicted molar refractivity (Wildman–Crippen MR) is 74.0 cm³/mol. The Bertz CT molecular complexity index is 496. The number of rotatable bonds is 5. The monoisotopic (exact) mass is 259 g/mol. The van der Waals surface area contributed by atoms with Gasteiger partial charge in [0.2, 0.25) is 0 Å². The van der Waals surface area contributed by atoms with Crippen LogP contribution in [0.4, 0.5) is 4.39 Å². The summed E-state index contributed by atoms with van der Waals surface area (Å²) in [7, 11) is 0. The normalized spacial score (nSPS) is 14.1. The van der Waals surface area contributed by atoms with Crippen LogP contribution in [0.3, 0.4) is 0 Å². The molecular weight excluding hydrogens is 241 g/mol. The highest BCUT2D eigenvalue weighted by Crippen LogP contribution is 2.22. The second kappa shape index (κ2) is 6.45. The highest BCUT2D eigenvalue weighted by Gasteiger charge is 2.16. The fourth-order valence-corrected chi connectivity index (χ4v) is 1.96. The first kappa shape index (κ1) is 13.7. The minimum Gasteiger partial charge on any atom is -0.367 e. The summed E-state index contributed by atoms with van der Waals surface area (Å²) in [5.74, 6) is -0.254. The zero-order chi connectivity index (χ0) is 13.7. The Hall–Kier alpha value is -1.71. The lowest BCUT2D eigenvalue weighted by molar-refractivity contribution is 0.0258. The molecule has 0 radical (unpaired) electrons. The molecule has 100 valence electrons. The van der Waals surface area contributed by atoms with Crippen LogP contribution in [-0.4, -0.2) is 6.04 Å². The third-order valence-corrected chi connectivity index (χ3v) is 2.95. The van der Waals surface area contributed by atoms with Crippen LogP contribution in [0.25, 0.3) is 0 Å². The number of nitrogens with two attached hydrogens (primary N) is 1. The zero-order valence-electron chi connectivity index (χ0n) is 10.9. The first-order valence-corrected chi connectivity index (χ1v) is 6.33. The zero-order valence-corrected chi connectivity index (χ0v) is 10.9. The fourth-order valence-electron chi connectivity index (χ4n) is 1.96. The minimum absolute atomic E-state index is 0.158. The van der Waals surface area contributed by atoms with Crippen LogP contribution in [0, 0.1) is 5.82 Å². The smallest absolute Gasteiger partial charge is 0.123 e. The van der Waals surface area contributed by atoms with E-state index in [0.717, 1.165) is 11.1 Å². The molecular formula is C16H18FNO. The standard InChI is InChI=1S/C16H18FNO/c1-12(18)16(14-7-9-15(17)10-8-14)19-11-13-5-3-2-4-6-13/h2-10,12,16H,11,18H2,1H3. The summed E-state index contributed by atoms with van der Waals surface area (Å²) in [5.41, 5.74) is 7.94. The summed E-state index contributed by atoms with van der Waals surface area (Å²) < 4.78 is 18.8. The predicted octanol–water partition coefficient (Wildman–Crippen LogP) is 3.43. The molecule has 3 heteroatoms. The van der Waals surface area contributed by atoms with Crippen LogP contribution < -0.4 is 5.73 Å². The minimum atomic E-state index is -0.254. The van der Waals surface area contributed by atoms with Gasteiger partial charge >= 0.3 is 0 Å². The molecule has 0 bridgehead atoms. The Morgan fingerprint density at radius 2 is 1.68 bits per heavy atom. The van der Waals surface area contributed by atoms with Gasteiger partial charge in [-0.25, -0.2) is 4.39 Å². The summed E-state index contributed by atoms with van der Waals surface area (Å²) in [6, 6.07) is 16.0. The van der Waals surface area contributed by atoms with E-state index in [1.807, 2.05) is 37.3 Å². The molecule has 2 N–H and O–H groups in total. The molecule has 2 unspecified atom stereocenters. The molecule has 0 fully saturated rings. The van der Waals surface area contributed by atoms with Crippen molar-refractivity contribution in [1.29, 1.82) is 0 Å². The Balaban J connectivity index is 2.06. The van der Waals surface area contributed by atoms with Gasteiger partial charge in [0, 0.05) is 6.04 Å². The lowest BCUT2D eigenvalue weighted by Crippen LogP contribution is -2.27. The van der Waals surface area contributed by atoms with Crippen molar-refractivity contribution in [3.05, 3.63) is 71.5 Å². The first-order valence-electron chi connectivity index (χ1n) is 6.33. The van der Waals surface area contributed by atoms with E-state index >= 15 is 0 Å². The van der Waals surface area contributed by atoms with Crippen LogP contribution >= 0.6 is 0 Å². The molecule has 0 saturated carbocycles. The van der Waals surface area contributed by atoms with E-state index in [2.05, 4.69) is 0 Å². The Kier molecular flexibility index (Phi) is 4.66. The highest BCUT2D eigenvalue weighted by atomic mass is 19.1. The van der Waals surface area contributed by atoms with Crippen LogP contribution in [0.1, 0.15) is 24.2 Å². The van der Waals surface area contributed by atoms with E-state index in [-0.39, 0.29) is 18.0 Å². The lowest BCUT2D eigenvalue weighted by Gasteiger charge is -2.22. The molecule has 0 aromatic heterocycles. The third-order valence-electron chi connectivity index (χ3n) is 2.95. The number of halogens is 1. The number of ether oxygens (including phenoxy) is 1. The van der Waals surface area contributed by atoms with E-state index in [0.29, 0.717) is 6.61 Å². The first-order chi connectivity index (χ1) is 9.16. The molecule has 0 heterocycles. The second-order valence-electron chi connectivity index (χ2n) is 4.63. The molecule has 0 aliphatic carbocycles. The van der Waals surface area contributed by atoms with Crippen LogP contribution in [0.2, 0.25) is 0 Å². The van der Waals surface area contributed by atoms with Gasteiger partial charge in [0.25, 0.3) is 0 Å². The summed E-state index contributed by atoms with van der Waals surface area (Å²) in [4.78, 5) is 0. The Labute approximate surface area is 113 Å². The molecule has 2 atom stereocenters. The van der Waals surface area contributed by atoms with Crippen molar-refractivity contribution in [3.8, 4) is 0 Å². The Morgan fingerprint density at radius 1 is 1.05 bits per heavy atom. The van der Waals surface area contributed by atoms with Crippen molar-refractivity contribution in [2.45, 2.75) is 25.7 Å². The maximum absolute atomic E-state index is 12.9. The Morgan fingerprint density at radius 3 is 2.26 bits per heavy atom. The lowest BCUT2D eigenvalue weighted by atomic mass is 10.0. The van der Waals surface area contributed by atoms with Crippen LogP contribution in [-0.2, 0) is 11.3 Å². The van der Waals surface area contributed by atoms with Crippen molar-refractivity contribution in [2.75, 3.05) is 0 Å². The maximum Gasteiger partial charge on any atom is 0.123 e. The molecule has 0 amide bonds. The third kappa shape index (κ3) is 3.88. The van der Waals surface area contributed by atoms with Gasteiger partial charge in [0.05, 0.1) is 12.7 Å². The van der Waals surface area contributed by atoms with E-state index in [1.54, 1.807) is 12.1 Å². The van der Waals surface area contributed by atoms with Gasteiger partial charge in [-0.05, 0) is 30.2 Å². The molecule has 2 rings (SSSR count). The summed E-state index contributed by atoms with van der Waals surface area (Å²) in [5, 5.41) is 0. The van der Waals surface area contributed by atoms with Gasteiger partial charge in [0.1, 0.15) is 5.82 Å². The van der Waals surface area contributed by atoms with Gasteiger partial charge in [0.15, 0.2) is 0 Å². The van der Waals surface area contributed by atoms with Crippen molar-refractivity contribution in [1.82, 2.24) is 0 Å². The van der Waals surface area contributed by atoms with Gasteiger partial charge in [-0.1, -0.05) is 42.5 Å². The maximum atomic E-state index is 12.9. The highest BCUT2D eigenvalue weighted by molar-refractivity contribution is 5.20. The van der Waals surface area contributed by atoms with Gasteiger partial charge < -0.3 is 10.5 Å². The molecule has 2 aromatic rings. The van der Waals surface area contributed by atoms with Crippen LogP contribution in [0.15, 0.2) is 54.6 Å². The van der Waals surface area contributed by atoms with Gasteiger partial charge in [-0.3, -0.25) is 0 Å². The second-order valence-corrected chi connectivity index (χ2v) is 4.63. The van der Waals surface area contributed by atoms with E-state index in [9.17, 15) is 4.39 Å². The van der Waals surface area contributed by atoms with Crippen molar-refractivity contribution in [2.24, 2.45) is 5.73 Å². The van der Waals surface area contributed by atoms with E-state index < -0.39 is 0 Å². The molecule has 19 heavy (non-hydrogen) atoms. The van der Waals surface area contributed by atoms with Gasteiger partial charge in [-0.15, -0.1) is 0 Å². The number of hydrogen-bond acceptors (Lipinski definition) is 2. The topological polar surface area (TPSA) is 35.2 Å². The van der Waals surface area contributed by atoms with E-state index in [4.69, 9.17) is 10.5 Å². The summed E-state index contributed by atoms with van der Waals surface area (Å²) in [6.45, 7) is 2.38. The summed E-state index contributed by atoms with van der Waals surface area (Å²) in [6.07, 6.45) is -0.235. The van der Waals surface area contributed by atoms with Gasteiger partial charge in [-0.2, -0.15) is 0 Å². The molecule has 2 aromatic carbocycles. The number of benzene rings is 2. The largest absolute Gasteiger partial charge is 0.367 e. The molecule has 2 nitrogen and oxygen atoms in total. The molecule has 0 aliphatic rings. The van der Waals surface area contributed by atoms with Crippen molar-refractivity contribution < 1.29 is 9.13 Å². The molecule has 0 spiro atoms. The summed E-state index contributed by atoms with van der Waals surface area (Å²) >= 11 is 0. The van der Waals surface area contributed by atoms with Crippen molar-refractivity contribution in [3.63, 3.8) is 0 Å². The quantitative estimate of drug-likeness (QED) is 0.892.